The third-order valence-electron chi connectivity index (χ3n) is 22.4. The smallest absolute Gasteiger partial charge is 0.255 e. The van der Waals surface area contributed by atoms with Gasteiger partial charge in [-0.2, -0.15) is 0 Å². The van der Waals surface area contributed by atoms with Crippen LogP contribution < -0.4 is 52.6 Å². The van der Waals surface area contributed by atoms with E-state index in [1.807, 2.05) is 108 Å². The first-order chi connectivity index (χ1) is 59.7. The van der Waals surface area contributed by atoms with E-state index in [-0.39, 0.29) is 29.4 Å². The molecule has 26 nitrogen and oxygen atoms in total. The number of aryl methyl sites for hydroxylation is 3. The number of anilines is 8. The van der Waals surface area contributed by atoms with Crippen molar-refractivity contribution in [3.05, 3.63) is 260 Å². The number of hydrogen-bond acceptors (Lipinski definition) is 25. The zero-order chi connectivity index (χ0) is 85.9. The van der Waals surface area contributed by atoms with Crippen LogP contribution in [0.1, 0.15) is 115 Å². The number of halogens is 4. The van der Waals surface area contributed by atoms with Crippen molar-refractivity contribution in [2.24, 2.45) is 0 Å². The van der Waals surface area contributed by atoms with Gasteiger partial charge in [-0.15, -0.1) is 0 Å². The van der Waals surface area contributed by atoms with E-state index in [1.165, 1.54) is 38.5 Å². The van der Waals surface area contributed by atoms with Gasteiger partial charge in [0.2, 0.25) is 5.88 Å². The first-order valence-electron chi connectivity index (χ1n) is 41.3. The van der Waals surface area contributed by atoms with E-state index < -0.39 is 0 Å². The maximum absolute atomic E-state index is 13.3. The summed E-state index contributed by atoms with van der Waals surface area (Å²) < 4.78 is 5.75. The van der Waals surface area contributed by atoms with E-state index >= 15 is 0 Å². The van der Waals surface area contributed by atoms with Crippen LogP contribution in [0.2, 0.25) is 20.1 Å². The van der Waals surface area contributed by atoms with Gasteiger partial charge in [-0.25, -0.2) is 39.9 Å². The Balaban J connectivity index is 0.000000134. The molecule has 1 amide bonds. The Labute approximate surface area is 733 Å². The number of carbonyl (C=O) groups is 4. The predicted octanol–water partition coefficient (Wildman–Crippen LogP) is 15.1. The number of nitrogens with zero attached hydrogens (tertiary/aromatic N) is 15. The maximum Gasteiger partial charge on any atom is 0.255 e. The Kier molecular flexibility index (Phi) is 29.6. The number of carbonyl (C=O) groups excluding carboxylic acids is 4. The summed E-state index contributed by atoms with van der Waals surface area (Å²) in [6, 6.07) is 42.3. The highest BCUT2D eigenvalue weighted by atomic mass is 35.5. The van der Waals surface area contributed by atoms with Crippen LogP contribution in [0.25, 0.3) is 43.1 Å². The van der Waals surface area contributed by atoms with Crippen LogP contribution in [0.4, 0.5) is 46.4 Å². The summed E-state index contributed by atoms with van der Waals surface area (Å²) in [6.45, 7) is 12.2. The van der Waals surface area contributed by atoms with E-state index in [9.17, 15) is 24.3 Å². The summed E-state index contributed by atoms with van der Waals surface area (Å²) in [7, 11) is 2.11. The van der Waals surface area contributed by atoms with Crippen LogP contribution in [0.15, 0.2) is 195 Å². The normalized spacial score (nSPS) is 14.5. The molecule has 4 aliphatic rings. The number of aliphatic hydroxyl groups excluding tert-OH is 1. The molecule has 634 valence electrons. The van der Waals surface area contributed by atoms with Gasteiger partial charge in [-0.3, -0.25) is 24.2 Å². The summed E-state index contributed by atoms with van der Waals surface area (Å²) in [5.74, 6) is 4.24. The molecular weight excluding hydrogens is 1630 g/mol. The number of amides is 1. The highest BCUT2D eigenvalue weighted by molar-refractivity contribution is 6.32. The number of nitrogens with two attached hydrogens (primary N) is 4. The van der Waals surface area contributed by atoms with Crippen molar-refractivity contribution >= 4 is 159 Å². The van der Waals surface area contributed by atoms with Gasteiger partial charge in [0.05, 0.1) is 44.5 Å². The third-order valence-corrected chi connectivity index (χ3v) is 23.3. The molecule has 0 saturated carbocycles. The number of hydrogen-bond donors (Lipinski definition) is 6. The van der Waals surface area contributed by atoms with Gasteiger partial charge in [-0.05, 0) is 182 Å². The molecule has 30 heteroatoms. The molecule has 17 rings (SSSR count). The van der Waals surface area contributed by atoms with Crippen LogP contribution in [0.5, 0.6) is 5.88 Å². The van der Waals surface area contributed by atoms with Crippen molar-refractivity contribution in [1.82, 2.24) is 60.0 Å². The van der Waals surface area contributed by atoms with Crippen LogP contribution >= 0.6 is 46.4 Å². The summed E-state index contributed by atoms with van der Waals surface area (Å²) >= 11 is 24.8. The topological polar surface area (TPSA) is 349 Å². The molecular formula is C93H98Cl4N20O6. The molecule has 13 heterocycles. The Morgan fingerprint density at radius 3 is 1.37 bits per heavy atom. The fraction of sp³-hybridized carbons (Fsp3) is 0.301. The van der Waals surface area contributed by atoms with Gasteiger partial charge in [-0.1, -0.05) is 120 Å². The number of likely N-dealkylation sites (N-methyl/N-ethyl adjacent to an activating group) is 1. The van der Waals surface area contributed by atoms with Crippen molar-refractivity contribution in [2.45, 2.75) is 83.3 Å². The van der Waals surface area contributed by atoms with Crippen molar-refractivity contribution in [2.75, 3.05) is 141 Å². The van der Waals surface area contributed by atoms with Crippen LogP contribution in [0.3, 0.4) is 0 Å². The molecule has 13 aromatic rings. The van der Waals surface area contributed by atoms with Gasteiger partial charge in [0.1, 0.15) is 45.7 Å². The standard InChI is InChI=1S/C26H25ClN6O.C25H29ClN4O2.C22H25ClN6O.C20H19ClN4O2/c27-20-16-23(24(34)4-2-18-1-3-22-19(15-18)5-10-30-25(22)28)26(31-17-20)33-13-11-32(12-14-33)21-6-8-29-9-7-21;26-22-16-20(17-29-25(22)32-14-4-13-30-11-2-1-3-12-30)23(31)8-6-18-5-7-21-19(15-18)9-10-28-24(21)27;1-28-7-2-8-29(10-9-28)21-19(12-17(23)14-26-21)22(30)27-13-15-3-4-18-16(11-15)5-6-25-20(18)24;21-14-8-17(20(24-9-14)25-10-15(26)11-25)18(27)4-2-12-1-3-16-13(7-12)5-6-23-19(16)22/h1,3,5-10,15-17H,2,4,11-14H2,(H2,28,30);5,7,9-10,15-17H,1-4,6,8,11-14H2,(H2,27,28);3-6,11-12,14H,2,7-10,13H2,1H3,(H2,24,25)(H,27,30);1,3,5-9,15,26H,2,4,10-11H2,(H2,22,23). The number of aliphatic hydroxyl groups is 1. The van der Waals surface area contributed by atoms with Gasteiger partial charge in [0.25, 0.3) is 5.91 Å². The first-order valence-corrected chi connectivity index (χ1v) is 42.9. The Morgan fingerprint density at radius 2 is 0.878 bits per heavy atom. The number of piperidine rings is 1. The van der Waals surface area contributed by atoms with E-state index in [4.69, 9.17) is 74.1 Å². The molecule has 0 aliphatic carbocycles. The number of rotatable bonds is 24. The van der Waals surface area contributed by atoms with Gasteiger partial charge in [0.15, 0.2) is 17.3 Å². The summed E-state index contributed by atoms with van der Waals surface area (Å²) in [4.78, 5) is 103. The van der Waals surface area contributed by atoms with E-state index in [0.717, 1.165) is 143 Å². The van der Waals surface area contributed by atoms with Gasteiger partial charge < -0.3 is 67.5 Å². The number of likely N-dealkylation sites (tertiary alicyclic amines) is 1. The lowest BCUT2D eigenvalue weighted by molar-refractivity contribution is 0.0947. The molecule has 0 bridgehead atoms. The molecule has 123 heavy (non-hydrogen) atoms. The molecule has 9 aromatic heterocycles. The van der Waals surface area contributed by atoms with Crippen molar-refractivity contribution in [3.8, 4) is 5.88 Å². The predicted molar refractivity (Wildman–Crippen MR) is 492 cm³/mol. The quantitative estimate of drug-likeness (QED) is 0.0242. The summed E-state index contributed by atoms with van der Waals surface area (Å²) in [5.41, 5.74) is 31.1. The van der Waals surface area contributed by atoms with Crippen LogP contribution in [-0.4, -0.2) is 188 Å². The van der Waals surface area contributed by atoms with E-state index in [2.05, 4.69) is 87.8 Å². The zero-order valence-electron chi connectivity index (χ0n) is 68.5. The maximum atomic E-state index is 13.3. The second-order valence-corrected chi connectivity index (χ2v) is 32.7. The first kappa shape index (κ1) is 87.3. The number of Topliss-reactive ketones (excluding diaryl/α,β-unsaturated/α-hetero) is 3. The lowest BCUT2D eigenvalue weighted by Gasteiger charge is -2.37. The summed E-state index contributed by atoms with van der Waals surface area (Å²) in [6.07, 6.45) is 25.1. The number of nitrogens with one attached hydrogen (secondary N) is 1. The number of fused-ring (bicyclic) bond motifs is 4. The number of β-amino-alcohol motifs (C(OH)–C–C–N with tert-alkyl or cyclic N) is 1. The fourth-order valence-corrected chi connectivity index (χ4v) is 16.3. The van der Waals surface area contributed by atoms with Crippen molar-refractivity contribution in [3.63, 3.8) is 0 Å². The molecule has 0 unspecified atom stereocenters. The second kappa shape index (κ2) is 41.7. The number of benzene rings is 4. The molecule has 10 N–H and O–H groups in total. The molecule has 4 fully saturated rings. The summed E-state index contributed by atoms with van der Waals surface area (Å²) in [5, 5.41) is 22.0. The molecule has 4 saturated heterocycles. The lowest BCUT2D eigenvalue weighted by Crippen LogP contribution is -2.51. The number of piperazine rings is 1. The average Bonchev–Trinajstić information content (AvgIpc) is 1.04. The van der Waals surface area contributed by atoms with Gasteiger partial charge >= 0.3 is 0 Å². The molecule has 0 atom stereocenters. The number of ether oxygens (including phenoxy) is 1. The molecule has 0 spiro atoms. The molecule has 0 radical (unpaired) electrons. The third kappa shape index (κ3) is 23.0. The highest BCUT2D eigenvalue weighted by Crippen LogP contribution is 2.33. The second-order valence-electron chi connectivity index (χ2n) is 31.0. The SMILES string of the molecule is CN1CCCN(c2ncc(Cl)cc2C(=O)NCc2ccc3c(N)nccc3c2)CC1.Nc1nccc2cc(CCC(=O)c3cc(Cl)cnc3N3CC(O)C3)ccc12.Nc1nccc2cc(CCC(=O)c3cc(Cl)cnc3N3CCN(c4ccncc4)CC3)ccc12.Nc1nccc2cc(CCC(=O)c3cnc(OCCCN4CCCCC4)c(Cl)c3)ccc12. The molecule has 4 aromatic carbocycles. The minimum Gasteiger partial charge on any atom is -0.477 e. The largest absolute Gasteiger partial charge is 0.477 e. The van der Waals surface area contributed by atoms with Gasteiger partial charge in [0, 0.05) is 186 Å². The van der Waals surface area contributed by atoms with Crippen molar-refractivity contribution in [1.29, 1.82) is 0 Å². The lowest BCUT2D eigenvalue weighted by atomic mass is 10.00. The fourth-order valence-electron chi connectivity index (χ4n) is 15.6. The van der Waals surface area contributed by atoms with E-state index in [0.29, 0.717) is 154 Å². The Morgan fingerprint density at radius 1 is 0.439 bits per heavy atom. The highest BCUT2D eigenvalue weighted by Gasteiger charge is 2.30. The number of pyridine rings is 9. The molecule has 4 aliphatic heterocycles. The minimum atomic E-state index is -0.370. The Hall–Kier alpha value is -12.0. The Bertz CT molecular complexity index is 5920. The average molecular weight is 1730 g/mol. The monoisotopic (exact) mass is 1730 g/mol. The van der Waals surface area contributed by atoms with Crippen LogP contribution in [0, 0.1) is 0 Å². The number of nitrogen functional groups attached to an aromatic ring is 4. The number of aromatic nitrogens is 9. The van der Waals surface area contributed by atoms with Crippen molar-refractivity contribution < 1.29 is 29.0 Å². The number of ketones is 3. The van der Waals surface area contributed by atoms with E-state index in [1.54, 1.807) is 80.0 Å². The van der Waals surface area contributed by atoms with Crippen LogP contribution in [-0.2, 0) is 25.8 Å². The zero-order valence-corrected chi connectivity index (χ0v) is 71.5. The minimum absolute atomic E-state index is 0.00499.